The minimum Gasteiger partial charge on any atom is -0.506 e. The summed E-state index contributed by atoms with van der Waals surface area (Å²) in [7, 11) is 0. The van der Waals surface area contributed by atoms with E-state index in [1.54, 1.807) is 30.3 Å². The molecule has 0 spiro atoms. The normalized spacial score (nSPS) is 20.3. The van der Waals surface area contributed by atoms with Crippen molar-refractivity contribution in [3.05, 3.63) is 87.9 Å². The quantitative estimate of drug-likeness (QED) is 0.586. The second-order valence-corrected chi connectivity index (χ2v) is 6.77. The van der Waals surface area contributed by atoms with Crippen molar-refractivity contribution in [3.63, 3.8) is 0 Å². The first-order valence-corrected chi connectivity index (χ1v) is 9.06. The van der Waals surface area contributed by atoms with Gasteiger partial charge < -0.3 is 34.2 Å². The van der Waals surface area contributed by atoms with Crippen LogP contribution < -0.4 is 0 Å². The summed E-state index contributed by atoms with van der Waals surface area (Å²) in [4.78, 5) is 1.53. The standard InChI is InChI=1S/C21H20NO7/c23-9-15-3-1-13(28-15)5-12-6-18-21(27)17(7-14-2-4-16(10-24)29-14)19(11-25)22(18)8-20(12)26/h1-4,6-8,19,23-26H,5,9-11H2/b17-7+. The number of aliphatic hydroxyl groups is 4. The summed E-state index contributed by atoms with van der Waals surface area (Å²) in [5.41, 5.74) is 1.14. The van der Waals surface area contributed by atoms with Crippen LogP contribution in [0, 0.1) is 0 Å². The first-order chi connectivity index (χ1) is 14.0. The highest BCUT2D eigenvalue weighted by Gasteiger charge is 2.38. The van der Waals surface area contributed by atoms with Gasteiger partial charge in [0.05, 0.1) is 18.3 Å². The summed E-state index contributed by atoms with van der Waals surface area (Å²) in [6.45, 7) is -0.807. The largest absolute Gasteiger partial charge is 0.506 e. The van der Waals surface area contributed by atoms with E-state index in [-0.39, 0.29) is 37.8 Å². The number of hydrogen-bond acceptors (Lipinski definition) is 7. The SMILES string of the molecule is [O]C1=C2C=C(Cc3ccc(CO)o3)C(O)=CN2C(CO)/C1=C\c1ccc(CO)o1. The zero-order valence-corrected chi connectivity index (χ0v) is 15.4. The van der Waals surface area contributed by atoms with Crippen molar-refractivity contribution in [3.8, 4) is 0 Å². The van der Waals surface area contributed by atoms with Crippen molar-refractivity contribution in [2.75, 3.05) is 6.61 Å². The predicted octanol–water partition coefficient (Wildman–Crippen LogP) is 2.14. The lowest BCUT2D eigenvalue weighted by molar-refractivity contribution is 0.216. The fourth-order valence-corrected chi connectivity index (χ4v) is 3.48. The van der Waals surface area contributed by atoms with E-state index in [2.05, 4.69) is 0 Å². The van der Waals surface area contributed by atoms with Crippen molar-refractivity contribution in [1.29, 1.82) is 0 Å². The zero-order chi connectivity index (χ0) is 20.5. The van der Waals surface area contributed by atoms with Crippen LogP contribution >= 0.6 is 0 Å². The molecule has 4 N–H and O–H groups in total. The van der Waals surface area contributed by atoms with Gasteiger partial charge in [-0.2, -0.15) is 0 Å². The second-order valence-electron chi connectivity index (χ2n) is 6.77. The first-order valence-electron chi connectivity index (χ1n) is 9.06. The van der Waals surface area contributed by atoms with Crippen LogP contribution in [0.1, 0.15) is 23.0 Å². The highest BCUT2D eigenvalue weighted by atomic mass is 16.4. The average Bonchev–Trinajstić information content (AvgIpc) is 3.42. The maximum absolute atomic E-state index is 13.0. The molecule has 0 saturated carbocycles. The lowest BCUT2D eigenvalue weighted by Gasteiger charge is -2.27. The van der Waals surface area contributed by atoms with E-state index >= 15 is 0 Å². The van der Waals surface area contributed by atoms with Gasteiger partial charge in [0, 0.05) is 23.8 Å². The molecule has 8 nitrogen and oxygen atoms in total. The molecule has 0 bridgehead atoms. The van der Waals surface area contributed by atoms with Crippen molar-refractivity contribution in [1.82, 2.24) is 4.90 Å². The van der Waals surface area contributed by atoms with E-state index in [0.717, 1.165) is 0 Å². The van der Waals surface area contributed by atoms with Crippen LogP contribution in [0.25, 0.3) is 6.08 Å². The molecule has 4 rings (SSSR count). The van der Waals surface area contributed by atoms with Crippen LogP contribution in [0.5, 0.6) is 0 Å². The molecular formula is C21H20NO7. The zero-order valence-electron chi connectivity index (χ0n) is 15.4. The Kier molecular flexibility index (Phi) is 5.06. The van der Waals surface area contributed by atoms with Gasteiger partial charge >= 0.3 is 0 Å². The van der Waals surface area contributed by atoms with E-state index in [1.807, 2.05) is 0 Å². The van der Waals surface area contributed by atoms with Gasteiger partial charge in [-0.15, -0.1) is 0 Å². The summed E-state index contributed by atoms with van der Waals surface area (Å²) in [6, 6.07) is 5.92. The van der Waals surface area contributed by atoms with Gasteiger partial charge in [-0.05, 0) is 36.4 Å². The van der Waals surface area contributed by atoms with Crippen LogP contribution in [0.4, 0.5) is 0 Å². The maximum atomic E-state index is 13.0. The van der Waals surface area contributed by atoms with Gasteiger partial charge in [-0.3, -0.25) is 5.11 Å². The van der Waals surface area contributed by atoms with Crippen LogP contribution in [0.2, 0.25) is 0 Å². The Morgan fingerprint density at radius 1 is 1.00 bits per heavy atom. The minimum absolute atomic E-state index is 0.0382. The Morgan fingerprint density at radius 2 is 1.69 bits per heavy atom. The monoisotopic (exact) mass is 398 g/mol. The number of furan rings is 2. The van der Waals surface area contributed by atoms with E-state index in [4.69, 9.17) is 19.0 Å². The first kappa shape index (κ1) is 19.1. The molecule has 8 heteroatoms. The van der Waals surface area contributed by atoms with E-state index in [0.29, 0.717) is 39.9 Å². The van der Waals surface area contributed by atoms with E-state index < -0.39 is 6.04 Å². The highest BCUT2D eigenvalue weighted by molar-refractivity contribution is 5.62. The maximum Gasteiger partial charge on any atom is 0.207 e. The minimum atomic E-state index is -0.662. The lowest BCUT2D eigenvalue weighted by atomic mass is 10.0. The molecule has 2 aromatic rings. The van der Waals surface area contributed by atoms with Gasteiger partial charge in [-0.25, -0.2) is 0 Å². The van der Waals surface area contributed by atoms with Gasteiger partial charge in [0.15, 0.2) is 0 Å². The topological polar surface area (TPSA) is 130 Å². The molecule has 2 aromatic heterocycles. The molecule has 0 aromatic carbocycles. The summed E-state index contributed by atoms with van der Waals surface area (Å²) < 4.78 is 10.9. The smallest absolute Gasteiger partial charge is 0.207 e. The fourth-order valence-electron chi connectivity index (χ4n) is 3.48. The molecule has 2 aliphatic rings. The molecule has 0 fully saturated rings. The molecule has 0 saturated heterocycles. The number of allylic oxidation sites excluding steroid dienone is 2. The van der Waals surface area contributed by atoms with Crippen LogP contribution in [-0.4, -0.2) is 38.0 Å². The van der Waals surface area contributed by atoms with Crippen molar-refractivity contribution in [2.24, 2.45) is 0 Å². The fraction of sp³-hybridized carbons (Fsp3) is 0.238. The Hall–Kier alpha value is -3.20. The third-order valence-electron chi connectivity index (χ3n) is 4.92. The Morgan fingerprint density at radius 3 is 2.34 bits per heavy atom. The van der Waals surface area contributed by atoms with Gasteiger partial charge in [0.1, 0.15) is 42.0 Å². The van der Waals surface area contributed by atoms with Crippen molar-refractivity contribution >= 4 is 6.08 Å². The predicted molar refractivity (Wildman–Crippen MR) is 100 cm³/mol. The molecule has 29 heavy (non-hydrogen) atoms. The Labute approximate surface area is 166 Å². The van der Waals surface area contributed by atoms with Crippen LogP contribution in [0.3, 0.4) is 0 Å². The molecule has 1 unspecified atom stereocenters. The average molecular weight is 398 g/mol. The van der Waals surface area contributed by atoms with Crippen LogP contribution in [0.15, 0.2) is 73.7 Å². The summed E-state index contributed by atoms with van der Waals surface area (Å²) in [5, 5.41) is 51.5. The third kappa shape index (κ3) is 3.49. The molecule has 4 heterocycles. The molecule has 2 aliphatic heterocycles. The number of nitrogens with zero attached hydrogens (tertiary/aromatic N) is 1. The Bertz CT molecular complexity index is 1040. The van der Waals surface area contributed by atoms with Gasteiger partial charge in [0.2, 0.25) is 5.76 Å². The molecule has 0 amide bonds. The molecular weight excluding hydrogens is 378 g/mol. The molecule has 1 radical (unpaired) electrons. The lowest BCUT2D eigenvalue weighted by Crippen LogP contribution is -2.31. The number of fused-ring (bicyclic) bond motifs is 1. The molecule has 0 aliphatic carbocycles. The van der Waals surface area contributed by atoms with Crippen LogP contribution in [-0.2, 0) is 24.7 Å². The second kappa shape index (κ2) is 7.67. The summed E-state index contributed by atoms with van der Waals surface area (Å²) in [6.07, 6.45) is 4.77. The van der Waals surface area contributed by atoms with Gasteiger partial charge in [0.25, 0.3) is 0 Å². The van der Waals surface area contributed by atoms with Gasteiger partial charge in [-0.1, -0.05) is 0 Å². The van der Waals surface area contributed by atoms with E-state index in [1.165, 1.54) is 17.2 Å². The Balaban J connectivity index is 1.68. The third-order valence-corrected chi connectivity index (χ3v) is 4.92. The number of hydrogen-bond donors (Lipinski definition) is 4. The van der Waals surface area contributed by atoms with Crippen molar-refractivity contribution < 1.29 is 34.4 Å². The summed E-state index contributed by atoms with van der Waals surface area (Å²) in [5.74, 6) is 1.39. The molecule has 151 valence electrons. The van der Waals surface area contributed by atoms with Crippen molar-refractivity contribution in [2.45, 2.75) is 25.7 Å². The van der Waals surface area contributed by atoms with E-state index in [9.17, 15) is 15.3 Å². The number of aliphatic hydroxyl groups excluding tert-OH is 4. The molecule has 1 atom stereocenters. The number of rotatable bonds is 6. The summed E-state index contributed by atoms with van der Waals surface area (Å²) >= 11 is 0. The highest BCUT2D eigenvalue weighted by Crippen LogP contribution is 2.39.